The van der Waals surface area contributed by atoms with Crippen LogP contribution in [0.2, 0.25) is 0 Å². The monoisotopic (exact) mass is 434 g/mol. The molecular weight excluding hydrogens is 404 g/mol. The Morgan fingerprint density at radius 1 is 0.938 bits per heavy atom. The molecule has 1 fully saturated rings. The zero-order valence-electron chi connectivity index (χ0n) is 18.4. The molecule has 168 valence electrons. The van der Waals surface area contributed by atoms with E-state index in [2.05, 4.69) is 4.98 Å². The molecule has 1 saturated carbocycles. The number of hydrogen-bond acceptors (Lipinski definition) is 4. The van der Waals surface area contributed by atoms with Gasteiger partial charge in [-0.1, -0.05) is 67.6 Å². The molecule has 1 aliphatic rings. The molecule has 1 aliphatic carbocycles. The van der Waals surface area contributed by atoms with Crippen LogP contribution in [0.15, 0.2) is 76.4 Å². The minimum absolute atomic E-state index is 0.0279. The summed E-state index contributed by atoms with van der Waals surface area (Å²) in [5.41, 5.74) is 2.22. The zero-order chi connectivity index (χ0) is 22.3. The maximum Gasteiger partial charge on any atom is 0.328 e. The van der Waals surface area contributed by atoms with Gasteiger partial charge in [-0.05, 0) is 30.4 Å². The van der Waals surface area contributed by atoms with E-state index in [0.717, 1.165) is 17.5 Å². The summed E-state index contributed by atoms with van der Waals surface area (Å²) in [7, 11) is 0. The lowest BCUT2D eigenvalue weighted by molar-refractivity contribution is -0.0190. The highest BCUT2D eigenvalue weighted by molar-refractivity contribution is 5.14. The number of benzene rings is 2. The molecule has 0 saturated heterocycles. The van der Waals surface area contributed by atoms with Crippen LogP contribution in [-0.4, -0.2) is 22.3 Å². The number of nitrogens with zero attached hydrogens (tertiary/aromatic N) is 1. The first-order valence-electron chi connectivity index (χ1n) is 11.3. The van der Waals surface area contributed by atoms with Crippen molar-refractivity contribution >= 4 is 0 Å². The second kappa shape index (κ2) is 10.6. The number of nitrogens with one attached hydrogen (secondary N) is 1. The molecule has 6 nitrogen and oxygen atoms in total. The van der Waals surface area contributed by atoms with E-state index in [1.807, 2.05) is 67.6 Å². The Morgan fingerprint density at radius 2 is 1.59 bits per heavy atom. The highest BCUT2D eigenvalue weighted by Gasteiger charge is 2.36. The molecule has 1 heterocycles. The third kappa shape index (κ3) is 5.44. The highest BCUT2D eigenvalue weighted by Crippen LogP contribution is 2.37. The van der Waals surface area contributed by atoms with Crippen LogP contribution in [0.1, 0.15) is 42.5 Å². The minimum atomic E-state index is -0.357. The van der Waals surface area contributed by atoms with Gasteiger partial charge in [-0.15, -0.1) is 0 Å². The maximum atomic E-state index is 12.5. The van der Waals surface area contributed by atoms with Gasteiger partial charge < -0.3 is 9.47 Å². The summed E-state index contributed by atoms with van der Waals surface area (Å²) in [6.07, 6.45) is 3.75. The molecule has 2 aromatic carbocycles. The van der Waals surface area contributed by atoms with Gasteiger partial charge in [0.05, 0.1) is 25.9 Å². The van der Waals surface area contributed by atoms with Crippen molar-refractivity contribution < 1.29 is 9.47 Å². The van der Waals surface area contributed by atoms with Crippen molar-refractivity contribution in [3.05, 3.63) is 104 Å². The minimum Gasteiger partial charge on any atom is -0.376 e. The Bertz CT molecular complexity index is 1110. The van der Waals surface area contributed by atoms with Gasteiger partial charge in [0.25, 0.3) is 5.56 Å². The van der Waals surface area contributed by atoms with Gasteiger partial charge in [-0.25, -0.2) is 4.79 Å². The van der Waals surface area contributed by atoms with Crippen LogP contribution in [0.3, 0.4) is 0 Å². The number of aryl methyl sites for hydroxylation is 1. The molecule has 4 rings (SSSR count). The molecule has 3 unspecified atom stereocenters. The largest absolute Gasteiger partial charge is 0.376 e. The van der Waals surface area contributed by atoms with E-state index in [1.165, 1.54) is 0 Å². The second-order valence-corrected chi connectivity index (χ2v) is 8.40. The van der Waals surface area contributed by atoms with Crippen molar-refractivity contribution in [1.82, 2.24) is 9.55 Å². The molecule has 32 heavy (non-hydrogen) atoms. The molecule has 0 radical (unpaired) electrons. The third-order valence-electron chi connectivity index (χ3n) is 6.17. The van der Waals surface area contributed by atoms with Crippen LogP contribution in [0.25, 0.3) is 0 Å². The lowest BCUT2D eigenvalue weighted by Crippen LogP contribution is -2.33. The third-order valence-corrected chi connectivity index (χ3v) is 6.17. The molecule has 3 atom stereocenters. The lowest BCUT2D eigenvalue weighted by atomic mass is 10.1. The van der Waals surface area contributed by atoms with Crippen molar-refractivity contribution in [2.24, 2.45) is 5.92 Å². The average molecular weight is 435 g/mol. The van der Waals surface area contributed by atoms with E-state index in [0.29, 0.717) is 38.2 Å². The summed E-state index contributed by atoms with van der Waals surface area (Å²) in [5, 5.41) is 0. The highest BCUT2D eigenvalue weighted by atomic mass is 16.5. The van der Waals surface area contributed by atoms with Crippen LogP contribution in [-0.2, 0) is 29.1 Å². The number of ether oxygens (including phenoxy) is 2. The number of H-pyrrole nitrogens is 1. The Hall–Kier alpha value is -2.96. The van der Waals surface area contributed by atoms with E-state index in [-0.39, 0.29) is 29.3 Å². The smallest absolute Gasteiger partial charge is 0.328 e. The Balaban J connectivity index is 1.47. The number of aromatic nitrogens is 2. The molecular formula is C26H30N2O4. The fourth-order valence-electron chi connectivity index (χ4n) is 4.39. The molecule has 1 N–H and O–H groups in total. The molecule has 0 aliphatic heterocycles. The van der Waals surface area contributed by atoms with E-state index in [9.17, 15) is 9.59 Å². The van der Waals surface area contributed by atoms with Crippen molar-refractivity contribution in [3.8, 4) is 0 Å². The van der Waals surface area contributed by atoms with Crippen LogP contribution in [0.4, 0.5) is 0 Å². The maximum absolute atomic E-state index is 12.5. The average Bonchev–Trinajstić information content (AvgIpc) is 3.22. The summed E-state index contributed by atoms with van der Waals surface area (Å²) in [6, 6.07) is 20.2. The fraction of sp³-hybridized carbons (Fsp3) is 0.385. The van der Waals surface area contributed by atoms with Gasteiger partial charge >= 0.3 is 5.69 Å². The van der Waals surface area contributed by atoms with Crippen molar-refractivity contribution in [2.75, 3.05) is 6.61 Å². The first kappa shape index (κ1) is 22.2. The zero-order valence-corrected chi connectivity index (χ0v) is 18.4. The second-order valence-electron chi connectivity index (χ2n) is 8.40. The van der Waals surface area contributed by atoms with Crippen molar-refractivity contribution in [3.63, 3.8) is 0 Å². The number of rotatable bonds is 9. The standard InChI is InChI=1S/C26H30N2O4/c1-2-21-15-28(26(30)27-25(21)29)23-13-22(18-31-16-19-9-5-3-6-10-19)24(14-23)32-17-20-11-7-4-8-12-20/h3-12,15,22-24H,2,13-14,16-18H2,1H3,(H,27,29,30). The van der Waals surface area contributed by atoms with Crippen LogP contribution in [0, 0.1) is 5.92 Å². The predicted molar refractivity (Wildman–Crippen MR) is 124 cm³/mol. The van der Waals surface area contributed by atoms with Gasteiger partial charge in [-0.2, -0.15) is 0 Å². The SMILES string of the molecule is CCc1cn(C2CC(COCc3ccccc3)C(OCc3ccccc3)C2)c(=O)[nH]c1=O. The molecule has 0 spiro atoms. The molecule has 1 aromatic heterocycles. The Morgan fingerprint density at radius 3 is 2.25 bits per heavy atom. The summed E-state index contributed by atoms with van der Waals surface area (Å²) in [4.78, 5) is 27.0. The van der Waals surface area contributed by atoms with E-state index >= 15 is 0 Å². The van der Waals surface area contributed by atoms with Crippen LogP contribution < -0.4 is 11.2 Å². The van der Waals surface area contributed by atoms with Crippen LogP contribution >= 0.6 is 0 Å². The number of aromatic amines is 1. The van der Waals surface area contributed by atoms with Crippen LogP contribution in [0.5, 0.6) is 0 Å². The fourth-order valence-corrected chi connectivity index (χ4v) is 4.39. The van der Waals surface area contributed by atoms with Gasteiger partial charge in [0.1, 0.15) is 0 Å². The van der Waals surface area contributed by atoms with E-state index in [4.69, 9.17) is 9.47 Å². The predicted octanol–water partition coefficient (Wildman–Crippen LogP) is 3.85. The molecule has 0 bridgehead atoms. The summed E-state index contributed by atoms with van der Waals surface area (Å²) < 4.78 is 14.0. The quantitative estimate of drug-likeness (QED) is 0.555. The van der Waals surface area contributed by atoms with E-state index in [1.54, 1.807) is 10.8 Å². The van der Waals surface area contributed by atoms with Gasteiger partial charge in [0, 0.05) is 23.7 Å². The first-order chi connectivity index (χ1) is 15.6. The topological polar surface area (TPSA) is 73.3 Å². The number of hydrogen-bond donors (Lipinski definition) is 1. The van der Waals surface area contributed by atoms with Gasteiger partial charge in [0.2, 0.25) is 0 Å². The first-order valence-corrected chi connectivity index (χ1v) is 11.3. The molecule has 3 aromatic rings. The summed E-state index contributed by atoms with van der Waals surface area (Å²) >= 11 is 0. The Kier molecular flexibility index (Phi) is 7.35. The van der Waals surface area contributed by atoms with E-state index < -0.39 is 0 Å². The van der Waals surface area contributed by atoms with Crippen molar-refractivity contribution in [2.45, 2.75) is 51.5 Å². The summed E-state index contributed by atoms with van der Waals surface area (Å²) in [6.45, 7) is 3.55. The molecule has 6 heteroatoms. The molecule has 0 amide bonds. The van der Waals surface area contributed by atoms with Gasteiger partial charge in [0.15, 0.2) is 0 Å². The Labute approximate surface area is 187 Å². The normalized spacial score (nSPS) is 20.5. The van der Waals surface area contributed by atoms with Gasteiger partial charge in [-0.3, -0.25) is 14.3 Å². The summed E-state index contributed by atoms with van der Waals surface area (Å²) in [5.74, 6) is 0.163. The lowest BCUT2D eigenvalue weighted by Gasteiger charge is -2.20. The van der Waals surface area contributed by atoms with Crippen molar-refractivity contribution in [1.29, 1.82) is 0 Å².